The minimum absolute atomic E-state index is 2.76. The van der Waals surface area contributed by atoms with Gasteiger partial charge >= 0.3 is 24.3 Å². The molecule has 0 atom stereocenters. The predicted octanol–water partition coefficient (Wildman–Crippen LogP) is 0.601. The Morgan fingerprint density at radius 2 is 0.812 bits per heavy atom. The van der Waals surface area contributed by atoms with E-state index in [1.165, 1.54) is 0 Å². The van der Waals surface area contributed by atoms with Crippen molar-refractivity contribution in [1.29, 1.82) is 0 Å². The number of rotatable bonds is 0. The van der Waals surface area contributed by atoms with Crippen LogP contribution in [0.4, 0.5) is 26.3 Å². The predicted molar refractivity (Wildman–Crippen MR) is 33.4 cm³/mol. The lowest BCUT2D eigenvalue weighted by molar-refractivity contribution is -0.193. The molecule has 12 heteroatoms. The molecule has 0 fully saturated rings. The summed E-state index contributed by atoms with van der Waals surface area (Å²) < 4.78 is 63.5. The Morgan fingerprint density at radius 3 is 0.812 bits per heavy atom. The van der Waals surface area contributed by atoms with Crippen LogP contribution in [0.25, 0.3) is 0 Å². The number of alkyl halides is 6. The molecule has 98 valence electrons. The van der Waals surface area contributed by atoms with Crippen LogP contribution in [0, 0.1) is 0 Å². The second kappa shape index (κ2) is 7.70. The van der Waals surface area contributed by atoms with Crippen molar-refractivity contribution in [3.63, 3.8) is 0 Å². The maximum absolute atomic E-state index is 10.6. The monoisotopic (exact) mass is 261 g/mol. The maximum atomic E-state index is 10.6. The summed E-state index contributed by atoms with van der Waals surface area (Å²) in [6, 6.07) is 0. The molecule has 0 aliphatic heterocycles. The first-order valence-electron chi connectivity index (χ1n) is 2.75. The van der Waals surface area contributed by atoms with Gasteiger partial charge in [0.05, 0.1) is 0 Å². The lowest BCUT2D eigenvalue weighted by atomic mass is 10.7. The molecule has 0 unspecified atom stereocenters. The Hall–Kier alpha value is -1.56. The van der Waals surface area contributed by atoms with Gasteiger partial charge in [-0.25, -0.2) is 15.5 Å². The first-order valence-corrected chi connectivity index (χ1v) is 2.75. The number of nitrogens with two attached hydrogens (primary N) is 1. The van der Waals surface area contributed by atoms with E-state index in [4.69, 9.17) is 25.0 Å². The number of carboxylic acids is 2. The van der Waals surface area contributed by atoms with Crippen molar-refractivity contribution in [2.45, 2.75) is 12.4 Å². The van der Waals surface area contributed by atoms with E-state index < -0.39 is 24.3 Å². The normalized spacial score (nSPS) is 10.2. The lowest BCUT2D eigenvalue weighted by Crippen LogP contribution is -2.21. The Kier molecular flexibility index (Phi) is 9.59. The summed E-state index contributed by atoms with van der Waals surface area (Å²) in [6.07, 6.45) is -10.2. The Labute approximate surface area is 82.8 Å². The molecule has 0 rings (SSSR count). The fourth-order valence-corrected chi connectivity index (χ4v) is 0. The highest BCUT2D eigenvalue weighted by Gasteiger charge is 2.38. The van der Waals surface area contributed by atoms with Crippen LogP contribution in [0.1, 0.15) is 0 Å². The van der Waals surface area contributed by atoms with E-state index in [-0.39, 0.29) is 0 Å². The van der Waals surface area contributed by atoms with Gasteiger partial charge in [0.15, 0.2) is 0 Å². The summed E-state index contributed by atoms with van der Waals surface area (Å²) in [7, 11) is 0. The van der Waals surface area contributed by atoms with Crippen molar-refractivity contribution in [3.05, 3.63) is 0 Å². The Bertz CT molecular complexity index is 198. The molecule has 0 saturated carbocycles. The first kappa shape index (κ1) is 19.9. The van der Waals surface area contributed by atoms with Gasteiger partial charge < -0.3 is 15.4 Å². The van der Waals surface area contributed by atoms with Gasteiger partial charge in [-0.15, -0.1) is 0 Å². The summed E-state index contributed by atoms with van der Waals surface area (Å²) in [5, 5.41) is 20.8. The summed E-state index contributed by atoms with van der Waals surface area (Å²) in [5.41, 5.74) is 0. The van der Waals surface area contributed by atoms with Crippen molar-refractivity contribution in [1.82, 2.24) is 0 Å². The third-order valence-electron chi connectivity index (χ3n) is 0.485. The van der Waals surface area contributed by atoms with E-state index in [0.29, 0.717) is 0 Å². The van der Waals surface area contributed by atoms with Crippen LogP contribution in [-0.4, -0.2) is 39.7 Å². The zero-order chi connectivity index (χ0) is 14.2. The molecule has 5 N–H and O–H groups in total. The van der Waals surface area contributed by atoms with Crippen LogP contribution in [0.15, 0.2) is 0 Å². The molecular weight excluding hydrogens is 256 g/mol. The van der Waals surface area contributed by atoms with E-state index in [1.807, 2.05) is 0 Å². The van der Waals surface area contributed by atoms with E-state index >= 15 is 0 Å². The highest BCUT2D eigenvalue weighted by molar-refractivity contribution is 5.73. The molecule has 0 heterocycles. The molecule has 0 aromatic heterocycles. The Balaban J connectivity index is -0.000000183. The molecule has 0 amide bonds. The van der Waals surface area contributed by atoms with Crippen molar-refractivity contribution in [3.8, 4) is 0 Å². The number of aliphatic carboxylic acids is 2. The minimum Gasteiger partial charge on any atom is -0.475 e. The molecule has 0 radical (unpaired) electrons. The van der Waals surface area contributed by atoms with E-state index in [0.717, 1.165) is 0 Å². The van der Waals surface area contributed by atoms with Crippen molar-refractivity contribution < 1.29 is 51.4 Å². The standard InChI is InChI=1S/2C2HF3O2.H3NO/c2*3-2(4,5)1(6)7;1-2/h2*(H,6,7);2H,1H2. The SMILES string of the molecule is NO.O=C(O)C(F)(F)F.O=C(O)C(F)(F)F. The third-order valence-corrected chi connectivity index (χ3v) is 0.485. The largest absolute Gasteiger partial charge is 0.490 e. The smallest absolute Gasteiger partial charge is 0.475 e. The Morgan fingerprint density at radius 1 is 0.750 bits per heavy atom. The second-order valence-electron chi connectivity index (χ2n) is 1.61. The average molecular weight is 261 g/mol. The molecule has 0 spiro atoms. The van der Waals surface area contributed by atoms with Crippen molar-refractivity contribution >= 4 is 11.9 Å². The molecule has 6 nitrogen and oxygen atoms in total. The van der Waals surface area contributed by atoms with Crippen LogP contribution in [0.3, 0.4) is 0 Å². The van der Waals surface area contributed by atoms with Crippen LogP contribution in [0.2, 0.25) is 0 Å². The molecule has 16 heavy (non-hydrogen) atoms. The molecule has 0 aliphatic rings. The van der Waals surface area contributed by atoms with Crippen LogP contribution in [-0.2, 0) is 9.59 Å². The molecular formula is C4H5F6NO5. The zero-order valence-electron chi connectivity index (χ0n) is 7.00. The fraction of sp³-hybridized carbons (Fsp3) is 0.500. The van der Waals surface area contributed by atoms with E-state index in [9.17, 15) is 26.3 Å². The van der Waals surface area contributed by atoms with Crippen LogP contribution in [0.5, 0.6) is 0 Å². The van der Waals surface area contributed by atoms with Gasteiger partial charge in [0.1, 0.15) is 0 Å². The van der Waals surface area contributed by atoms with Gasteiger partial charge in [-0.2, -0.15) is 26.3 Å². The number of carboxylic acid groups (broad SMARTS) is 2. The fourth-order valence-electron chi connectivity index (χ4n) is 0. The van der Waals surface area contributed by atoms with Gasteiger partial charge in [-0.3, -0.25) is 0 Å². The van der Waals surface area contributed by atoms with Gasteiger partial charge in [-0.1, -0.05) is 0 Å². The summed E-state index contributed by atoms with van der Waals surface area (Å²) in [4.78, 5) is 17.8. The number of hydrogen-bond donors (Lipinski definition) is 4. The lowest BCUT2D eigenvalue weighted by Gasteiger charge is -1.93. The minimum atomic E-state index is -5.08. The summed E-state index contributed by atoms with van der Waals surface area (Å²) >= 11 is 0. The number of halogens is 6. The van der Waals surface area contributed by atoms with Crippen LogP contribution < -0.4 is 5.90 Å². The molecule has 0 aromatic carbocycles. The van der Waals surface area contributed by atoms with Crippen LogP contribution >= 0.6 is 0 Å². The highest BCUT2D eigenvalue weighted by atomic mass is 19.4. The van der Waals surface area contributed by atoms with Crippen molar-refractivity contribution in [2.24, 2.45) is 5.90 Å². The van der Waals surface area contributed by atoms with E-state index in [1.54, 1.807) is 0 Å². The first-order chi connectivity index (χ1) is 6.89. The molecule has 0 aromatic rings. The summed E-state index contributed by atoms with van der Waals surface area (Å²) in [5.74, 6) is -2.01. The average Bonchev–Trinajstić information content (AvgIpc) is 2.05. The van der Waals surface area contributed by atoms with Gasteiger partial charge in [0.25, 0.3) is 0 Å². The maximum Gasteiger partial charge on any atom is 0.490 e. The summed E-state index contributed by atoms with van der Waals surface area (Å²) in [6.45, 7) is 0. The van der Waals surface area contributed by atoms with Gasteiger partial charge in [0.2, 0.25) is 0 Å². The topological polar surface area (TPSA) is 121 Å². The molecule has 0 saturated heterocycles. The molecule has 0 bridgehead atoms. The van der Waals surface area contributed by atoms with Crippen molar-refractivity contribution in [2.75, 3.05) is 0 Å². The highest BCUT2D eigenvalue weighted by Crippen LogP contribution is 2.13. The van der Waals surface area contributed by atoms with Gasteiger partial charge in [-0.05, 0) is 0 Å². The molecule has 0 aliphatic carbocycles. The zero-order valence-corrected chi connectivity index (χ0v) is 7.00. The van der Waals surface area contributed by atoms with Gasteiger partial charge in [0, 0.05) is 0 Å². The third kappa shape index (κ3) is 14.9. The number of carbonyl (C=O) groups is 2. The second-order valence-corrected chi connectivity index (χ2v) is 1.61. The quantitative estimate of drug-likeness (QED) is 0.374. The van der Waals surface area contributed by atoms with E-state index in [2.05, 4.69) is 5.90 Å². The number of hydrogen-bond acceptors (Lipinski definition) is 4.